The predicted molar refractivity (Wildman–Crippen MR) is 192 cm³/mol. The third-order valence-corrected chi connectivity index (χ3v) is 11.4. The summed E-state index contributed by atoms with van der Waals surface area (Å²) >= 11 is 12.5. The smallest absolute Gasteiger partial charge is 0.260 e. The van der Waals surface area contributed by atoms with E-state index in [4.69, 9.17) is 27.9 Å². The molecule has 2 aliphatic carbocycles. The van der Waals surface area contributed by atoms with E-state index in [1.54, 1.807) is 60.7 Å². The number of fused-ring (bicyclic) bond motifs is 4. The van der Waals surface area contributed by atoms with Gasteiger partial charge < -0.3 is 9.84 Å². The van der Waals surface area contributed by atoms with Crippen molar-refractivity contribution in [3.63, 3.8) is 0 Å². The highest BCUT2D eigenvalue weighted by Crippen LogP contribution is 2.64. The van der Waals surface area contributed by atoms with Gasteiger partial charge in [-0.1, -0.05) is 59.1 Å². The molecule has 0 radical (unpaired) electrons. The van der Waals surface area contributed by atoms with E-state index in [1.807, 2.05) is 18.2 Å². The van der Waals surface area contributed by atoms with E-state index in [2.05, 4.69) is 5.43 Å². The summed E-state index contributed by atoms with van der Waals surface area (Å²) in [5.74, 6) is -5.40. The molecule has 0 unspecified atom stereocenters. The lowest BCUT2D eigenvalue weighted by Gasteiger charge is -2.50. The molecule has 264 valence electrons. The minimum atomic E-state index is -1.50. The third-order valence-electron chi connectivity index (χ3n) is 10.9. The Hall–Kier alpha value is -5.03. The van der Waals surface area contributed by atoms with Crippen LogP contribution in [0.4, 0.5) is 15.8 Å². The Bertz CT molecular complexity index is 2110. The number of benzene rings is 4. The van der Waals surface area contributed by atoms with Crippen molar-refractivity contribution in [3.8, 4) is 5.75 Å². The largest absolute Gasteiger partial charge is 0.491 e. The molecule has 4 aromatic rings. The standard InChI is InChI=1S/C40H32Cl2FN3O6/c41-24-5-3-23(4-6-24)40-33(37(49)46(39(40)51)44-27-11-9-26(43)10-12-27)21-32-30(35(40)22-1-15-29(16-2-22)52-20-19-47)17-18-31-34(32)38(50)45(36(31)48)28-13-7-25(42)8-14-28/h1-17,31-35,44,47H,18-21H2/t31-,32+,33-,34-,35-,40+/m0/s1. The number of hydrogen-bond donors (Lipinski definition) is 2. The third kappa shape index (κ3) is 5.31. The topological polar surface area (TPSA) is 116 Å². The van der Waals surface area contributed by atoms with Crippen LogP contribution in [0.2, 0.25) is 10.0 Å². The van der Waals surface area contributed by atoms with Crippen LogP contribution >= 0.6 is 23.2 Å². The number of rotatable bonds is 8. The minimum absolute atomic E-state index is 0.0904. The van der Waals surface area contributed by atoms with E-state index in [0.29, 0.717) is 38.3 Å². The Morgan fingerprint density at radius 3 is 2.12 bits per heavy atom. The summed E-state index contributed by atoms with van der Waals surface area (Å²) in [6.07, 6.45) is 2.36. The molecule has 2 N–H and O–H groups in total. The highest BCUT2D eigenvalue weighted by molar-refractivity contribution is 6.31. The fraction of sp³-hybridized carbons (Fsp3) is 0.250. The quantitative estimate of drug-likeness (QED) is 0.153. The van der Waals surface area contributed by atoms with Crippen molar-refractivity contribution in [1.29, 1.82) is 0 Å². The van der Waals surface area contributed by atoms with Gasteiger partial charge in [0.25, 0.3) is 11.8 Å². The van der Waals surface area contributed by atoms with Gasteiger partial charge in [0.15, 0.2) is 0 Å². The molecular weight excluding hydrogens is 708 g/mol. The molecule has 2 aliphatic heterocycles. The van der Waals surface area contributed by atoms with E-state index < -0.39 is 52.6 Å². The van der Waals surface area contributed by atoms with Crippen LogP contribution in [0.5, 0.6) is 5.75 Å². The lowest BCUT2D eigenvalue weighted by atomic mass is 9.49. The number of nitrogens with zero attached hydrogens (tertiary/aromatic N) is 2. The number of ether oxygens (including phenoxy) is 1. The lowest BCUT2D eigenvalue weighted by Crippen LogP contribution is -2.53. The zero-order valence-corrected chi connectivity index (χ0v) is 29.1. The van der Waals surface area contributed by atoms with Crippen LogP contribution in [0.1, 0.15) is 29.9 Å². The van der Waals surface area contributed by atoms with Crippen LogP contribution in [0, 0.1) is 29.5 Å². The fourth-order valence-electron chi connectivity index (χ4n) is 8.79. The number of aliphatic hydroxyl groups excluding tert-OH is 1. The Balaban J connectivity index is 1.30. The molecular formula is C40H32Cl2FN3O6. The molecule has 1 saturated carbocycles. The molecule has 6 atom stereocenters. The second kappa shape index (κ2) is 13.2. The Morgan fingerprint density at radius 2 is 1.46 bits per heavy atom. The van der Waals surface area contributed by atoms with Gasteiger partial charge in [-0.25, -0.2) is 4.39 Å². The molecule has 9 nitrogen and oxygen atoms in total. The van der Waals surface area contributed by atoms with Gasteiger partial charge in [0, 0.05) is 16.0 Å². The van der Waals surface area contributed by atoms with Crippen LogP contribution in [-0.4, -0.2) is 47.0 Å². The van der Waals surface area contributed by atoms with Gasteiger partial charge in [-0.3, -0.25) is 29.5 Å². The van der Waals surface area contributed by atoms with Crippen LogP contribution in [0.25, 0.3) is 0 Å². The van der Waals surface area contributed by atoms with Gasteiger partial charge in [-0.2, -0.15) is 5.01 Å². The van der Waals surface area contributed by atoms with Crippen molar-refractivity contribution in [2.45, 2.75) is 24.2 Å². The van der Waals surface area contributed by atoms with Crippen molar-refractivity contribution < 1.29 is 33.4 Å². The summed E-state index contributed by atoms with van der Waals surface area (Å²) in [4.78, 5) is 59.6. The number of hydrogen-bond acceptors (Lipinski definition) is 7. The Labute approximate surface area is 308 Å². The zero-order chi connectivity index (χ0) is 36.3. The SMILES string of the molecule is O=C1[C@@H]2C[C@@H]3C(=CC[C@@H]4C(=O)N(c5ccc(Cl)cc5)C(=O)[C@@H]43)[C@H](c3ccc(OCCO)cc3)[C@]2(c2ccc(Cl)cc2)C(=O)N1Nc1ccc(F)cc1. The predicted octanol–water partition coefficient (Wildman–Crippen LogP) is 6.69. The summed E-state index contributed by atoms with van der Waals surface area (Å²) in [6.45, 7) is -0.0801. The molecule has 0 bridgehead atoms. The van der Waals surface area contributed by atoms with E-state index in [-0.39, 0.29) is 37.9 Å². The first-order chi connectivity index (χ1) is 25.1. The molecule has 0 aromatic heterocycles. The summed E-state index contributed by atoms with van der Waals surface area (Å²) in [7, 11) is 0. The normalized spacial score (nSPS) is 26.5. The highest BCUT2D eigenvalue weighted by Gasteiger charge is 2.70. The number of allylic oxidation sites excluding steroid dienone is 2. The molecule has 4 aliphatic rings. The minimum Gasteiger partial charge on any atom is -0.491 e. The average Bonchev–Trinajstić information content (AvgIpc) is 3.53. The molecule has 2 heterocycles. The summed E-state index contributed by atoms with van der Waals surface area (Å²) in [6, 6.07) is 25.9. The first-order valence-electron chi connectivity index (χ1n) is 17.0. The fourth-order valence-corrected chi connectivity index (χ4v) is 9.05. The number of amides is 4. The number of aliphatic hydroxyl groups is 1. The van der Waals surface area contributed by atoms with E-state index in [0.717, 1.165) is 10.6 Å². The molecule has 3 fully saturated rings. The molecule has 12 heteroatoms. The lowest BCUT2D eigenvalue weighted by molar-refractivity contribution is -0.138. The van der Waals surface area contributed by atoms with Crippen LogP contribution in [-0.2, 0) is 24.6 Å². The number of anilines is 2. The molecule has 52 heavy (non-hydrogen) atoms. The van der Waals surface area contributed by atoms with Gasteiger partial charge in [0.05, 0.1) is 41.2 Å². The van der Waals surface area contributed by atoms with E-state index >= 15 is 4.79 Å². The number of nitrogens with one attached hydrogen (secondary N) is 1. The Morgan fingerprint density at radius 1 is 0.808 bits per heavy atom. The zero-order valence-electron chi connectivity index (χ0n) is 27.5. The highest BCUT2D eigenvalue weighted by atomic mass is 35.5. The first-order valence-corrected chi connectivity index (χ1v) is 17.7. The van der Waals surface area contributed by atoms with Crippen molar-refractivity contribution in [3.05, 3.63) is 136 Å². The number of halogens is 3. The number of carbonyl (C=O) groups is 4. The van der Waals surface area contributed by atoms with Gasteiger partial charge in [0.1, 0.15) is 18.2 Å². The number of carbonyl (C=O) groups excluding carboxylic acids is 4. The van der Waals surface area contributed by atoms with Crippen molar-refractivity contribution >= 4 is 58.2 Å². The van der Waals surface area contributed by atoms with E-state index in [1.165, 1.54) is 29.2 Å². The van der Waals surface area contributed by atoms with Gasteiger partial charge in [-0.15, -0.1) is 0 Å². The van der Waals surface area contributed by atoms with Crippen LogP contribution < -0.4 is 15.1 Å². The second-order valence-electron chi connectivity index (χ2n) is 13.5. The molecule has 4 amide bonds. The maximum Gasteiger partial charge on any atom is 0.260 e. The maximum absolute atomic E-state index is 15.2. The van der Waals surface area contributed by atoms with Crippen molar-refractivity contribution in [1.82, 2.24) is 5.01 Å². The van der Waals surface area contributed by atoms with Crippen LogP contribution in [0.3, 0.4) is 0 Å². The first kappa shape index (κ1) is 34.1. The van der Waals surface area contributed by atoms with Gasteiger partial charge >= 0.3 is 0 Å². The van der Waals surface area contributed by atoms with Crippen LogP contribution in [0.15, 0.2) is 109 Å². The number of hydrazine groups is 1. The summed E-state index contributed by atoms with van der Waals surface area (Å²) in [5, 5.41) is 11.2. The van der Waals surface area contributed by atoms with Gasteiger partial charge in [0.2, 0.25) is 11.8 Å². The Kier molecular flexibility index (Phi) is 8.64. The molecule has 0 spiro atoms. The summed E-state index contributed by atoms with van der Waals surface area (Å²) < 4.78 is 19.5. The maximum atomic E-state index is 15.2. The monoisotopic (exact) mass is 739 g/mol. The number of imide groups is 2. The van der Waals surface area contributed by atoms with E-state index in [9.17, 15) is 23.9 Å². The average molecular weight is 741 g/mol. The second-order valence-corrected chi connectivity index (χ2v) is 14.4. The van der Waals surface area contributed by atoms with Crippen molar-refractivity contribution in [2.24, 2.45) is 23.7 Å². The molecule has 2 saturated heterocycles. The van der Waals surface area contributed by atoms with Gasteiger partial charge in [-0.05, 0) is 103 Å². The summed E-state index contributed by atoms with van der Waals surface area (Å²) in [5.41, 5.74) is 4.25. The van der Waals surface area contributed by atoms with Crippen molar-refractivity contribution in [2.75, 3.05) is 23.5 Å². The molecule has 4 aromatic carbocycles. The molecule has 8 rings (SSSR count).